The third kappa shape index (κ3) is 6.85. The molecule has 0 radical (unpaired) electrons. The highest BCUT2D eigenvalue weighted by Crippen LogP contribution is 2.27. The number of esters is 1. The molecule has 200 valence electrons. The third-order valence-electron chi connectivity index (χ3n) is 7.18. The average Bonchev–Trinajstić information content (AvgIpc) is 3.45. The van der Waals surface area contributed by atoms with Gasteiger partial charge in [0.2, 0.25) is 0 Å². The lowest BCUT2D eigenvalue weighted by atomic mass is 10.0. The summed E-state index contributed by atoms with van der Waals surface area (Å²) in [4.78, 5) is 17.7. The molecule has 4 aromatic rings. The fourth-order valence-electron chi connectivity index (χ4n) is 5.11. The molecule has 0 aliphatic carbocycles. The van der Waals surface area contributed by atoms with Gasteiger partial charge in [0, 0.05) is 38.6 Å². The molecule has 0 N–H and O–H groups in total. The minimum atomic E-state index is -0.637. The second-order valence-electron chi connectivity index (χ2n) is 9.74. The van der Waals surface area contributed by atoms with Gasteiger partial charge in [0.25, 0.3) is 0 Å². The molecule has 2 unspecified atom stereocenters. The number of carbonyl (C=O) groups excluding carboxylic acids is 1. The largest absolute Gasteiger partial charge is 0.467 e. The first-order valence-corrected chi connectivity index (χ1v) is 13.3. The van der Waals surface area contributed by atoms with Gasteiger partial charge in [-0.15, -0.1) is 5.10 Å². The number of rotatable bonds is 10. The van der Waals surface area contributed by atoms with Crippen LogP contribution < -0.4 is 0 Å². The quantitative estimate of drug-likeness (QED) is 0.289. The van der Waals surface area contributed by atoms with Crippen molar-refractivity contribution in [2.45, 2.75) is 25.0 Å². The maximum absolute atomic E-state index is 12.8. The van der Waals surface area contributed by atoms with Crippen molar-refractivity contribution in [3.8, 4) is 0 Å². The molecule has 1 aliphatic rings. The molecule has 1 aliphatic heterocycles. The maximum atomic E-state index is 12.8. The van der Waals surface area contributed by atoms with Gasteiger partial charge >= 0.3 is 5.97 Å². The molecule has 0 spiro atoms. The normalized spacial score (nSPS) is 17.3. The van der Waals surface area contributed by atoms with Crippen molar-refractivity contribution >= 4 is 12.0 Å². The van der Waals surface area contributed by atoms with Crippen LogP contribution >= 0.6 is 0 Å². The summed E-state index contributed by atoms with van der Waals surface area (Å²) in [6.07, 6.45) is 4.87. The van der Waals surface area contributed by atoms with Crippen molar-refractivity contribution < 1.29 is 9.53 Å². The van der Waals surface area contributed by atoms with E-state index in [9.17, 15) is 4.79 Å². The number of hydrogen-bond acceptors (Lipinski definition) is 7. The van der Waals surface area contributed by atoms with Gasteiger partial charge in [-0.25, -0.2) is 9.48 Å². The van der Waals surface area contributed by atoms with Gasteiger partial charge in [-0.1, -0.05) is 103 Å². The molecule has 1 saturated heterocycles. The summed E-state index contributed by atoms with van der Waals surface area (Å²) in [5.41, 5.74) is 3.48. The Kier molecular flexibility index (Phi) is 8.88. The topological polar surface area (TPSA) is 76.4 Å². The molecule has 2 atom stereocenters. The maximum Gasteiger partial charge on any atom is 0.331 e. The molecule has 2 heterocycles. The molecular formula is C31H34N6O2. The molecule has 0 amide bonds. The molecule has 5 rings (SSSR count). The Bertz CT molecular complexity index is 1340. The van der Waals surface area contributed by atoms with E-state index in [0.717, 1.165) is 31.7 Å². The van der Waals surface area contributed by atoms with Gasteiger partial charge in [-0.05, 0) is 27.1 Å². The molecule has 1 aromatic heterocycles. The van der Waals surface area contributed by atoms with E-state index in [1.54, 1.807) is 4.68 Å². The lowest BCUT2D eigenvalue weighted by molar-refractivity contribution is -0.145. The van der Waals surface area contributed by atoms with Crippen molar-refractivity contribution in [2.24, 2.45) is 0 Å². The zero-order valence-electron chi connectivity index (χ0n) is 22.2. The van der Waals surface area contributed by atoms with E-state index in [1.165, 1.54) is 18.2 Å². The minimum Gasteiger partial charge on any atom is -0.467 e. The Labute approximate surface area is 229 Å². The van der Waals surface area contributed by atoms with Crippen LogP contribution in [0.15, 0.2) is 97.1 Å². The highest BCUT2D eigenvalue weighted by Gasteiger charge is 2.31. The van der Waals surface area contributed by atoms with Gasteiger partial charge in [-0.2, -0.15) is 0 Å². The molecule has 39 heavy (non-hydrogen) atoms. The van der Waals surface area contributed by atoms with Crippen LogP contribution in [0.1, 0.15) is 34.6 Å². The molecule has 8 nitrogen and oxygen atoms in total. The van der Waals surface area contributed by atoms with Crippen molar-refractivity contribution in [2.75, 3.05) is 33.3 Å². The zero-order valence-corrected chi connectivity index (χ0v) is 22.2. The second kappa shape index (κ2) is 13.1. The van der Waals surface area contributed by atoms with Crippen LogP contribution in [0.2, 0.25) is 0 Å². The Morgan fingerprint density at radius 3 is 2.38 bits per heavy atom. The van der Waals surface area contributed by atoms with Gasteiger partial charge in [0.1, 0.15) is 0 Å². The van der Waals surface area contributed by atoms with E-state index in [-0.39, 0.29) is 12.0 Å². The first kappa shape index (κ1) is 26.5. The summed E-state index contributed by atoms with van der Waals surface area (Å²) in [7, 11) is 1.40. The number of methoxy groups -OCH3 is 1. The van der Waals surface area contributed by atoms with Crippen LogP contribution in [0.5, 0.6) is 0 Å². The van der Waals surface area contributed by atoms with Gasteiger partial charge in [0.15, 0.2) is 11.9 Å². The number of ether oxygens (including phenoxy) is 1. The number of tetrazole rings is 1. The minimum absolute atomic E-state index is 0.168. The van der Waals surface area contributed by atoms with Crippen LogP contribution in [-0.2, 0) is 22.5 Å². The Balaban J connectivity index is 1.33. The monoisotopic (exact) mass is 522 g/mol. The van der Waals surface area contributed by atoms with Gasteiger partial charge < -0.3 is 4.74 Å². The van der Waals surface area contributed by atoms with Crippen molar-refractivity contribution in [3.05, 3.63) is 120 Å². The van der Waals surface area contributed by atoms with Crippen LogP contribution in [0.25, 0.3) is 6.08 Å². The summed E-state index contributed by atoms with van der Waals surface area (Å²) < 4.78 is 6.78. The van der Waals surface area contributed by atoms with E-state index in [4.69, 9.17) is 4.74 Å². The third-order valence-corrected chi connectivity index (χ3v) is 7.18. The number of nitrogens with zero attached hydrogens (tertiary/aromatic N) is 6. The summed E-state index contributed by atoms with van der Waals surface area (Å²) in [5.74, 6) is 0.293. The van der Waals surface area contributed by atoms with Crippen LogP contribution in [0.4, 0.5) is 0 Å². The highest BCUT2D eigenvalue weighted by molar-refractivity contribution is 5.74. The van der Waals surface area contributed by atoms with Crippen LogP contribution in [0, 0.1) is 0 Å². The summed E-state index contributed by atoms with van der Waals surface area (Å²) in [6.45, 7) is 4.07. The average molecular weight is 523 g/mol. The van der Waals surface area contributed by atoms with Crippen molar-refractivity contribution in [1.29, 1.82) is 0 Å². The summed E-state index contributed by atoms with van der Waals surface area (Å²) in [5, 5.41) is 12.5. The van der Waals surface area contributed by atoms with Crippen molar-refractivity contribution in [3.63, 3.8) is 0 Å². The van der Waals surface area contributed by atoms with Crippen molar-refractivity contribution in [1.82, 2.24) is 30.0 Å². The number of carbonyl (C=O) groups is 1. The van der Waals surface area contributed by atoms with E-state index >= 15 is 0 Å². The van der Waals surface area contributed by atoms with E-state index < -0.39 is 6.04 Å². The zero-order chi connectivity index (χ0) is 26.9. The van der Waals surface area contributed by atoms with Gasteiger partial charge in [0.05, 0.1) is 13.7 Å². The highest BCUT2D eigenvalue weighted by atomic mass is 16.5. The molecular weight excluding hydrogens is 488 g/mol. The Morgan fingerprint density at radius 1 is 0.974 bits per heavy atom. The molecule has 1 fully saturated rings. The first-order chi connectivity index (χ1) is 19.2. The number of piperazine rings is 1. The number of benzene rings is 3. The Hall–Kier alpha value is -4.14. The lowest BCUT2D eigenvalue weighted by Crippen LogP contribution is -2.48. The van der Waals surface area contributed by atoms with Crippen LogP contribution in [-0.4, -0.2) is 69.3 Å². The first-order valence-electron chi connectivity index (χ1n) is 13.3. The van der Waals surface area contributed by atoms with E-state index in [0.29, 0.717) is 18.8 Å². The van der Waals surface area contributed by atoms with Crippen LogP contribution in [0.3, 0.4) is 0 Å². The fourth-order valence-corrected chi connectivity index (χ4v) is 5.11. The number of hydrogen-bond donors (Lipinski definition) is 0. The smallest absolute Gasteiger partial charge is 0.331 e. The molecule has 3 aromatic carbocycles. The SMILES string of the molecule is COC(=O)C(Cc1ccccc1)n1nnnc1CN1CCN(CC=Cc2ccccc2)CC1c1ccccc1. The predicted molar refractivity (Wildman–Crippen MR) is 151 cm³/mol. The summed E-state index contributed by atoms with van der Waals surface area (Å²) in [6, 6.07) is 30.3. The molecule has 0 saturated carbocycles. The lowest BCUT2D eigenvalue weighted by Gasteiger charge is -2.41. The van der Waals surface area contributed by atoms with E-state index in [1.807, 2.05) is 42.5 Å². The number of aromatic nitrogens is 4. The Morgan fingerprint density at radius 2 is 1.67 bits per heavy atom. The van der Waals surface area contributed by atoms with Gasteiger partial charge in [-0.3, -0.25) is 9.80 Å². The summed E-state index contributed by atoms with van der Waals surface area (Å²) >= 11 is 0. The standard InChI is InChI=1S/C31H34N6O2/c1-39-31(38)28(22-26-14-7-3-8-15-26)37-30(32-33-34-37)24-36-21-20-35(19-11-16-25-12-5-2-6-13-25)23-29(36)27-17-9-4-10-18-27/h2-18,28-29H,19-24H2,1H3. The van der Waals surface area contributed by atoms with E-state index in [2.05, 4.69) is 86.0 Å². The fraction of sp³-hybridized carbons (Fsp3) is 0.290. The molecule has 0 bridgehead atoms. The second-order valence-corrected chi connectivity index (χ2v) is 9.74. The predicted octanol–water partition coefficient (Wildman–Crippen LogP) is 4.20. The molecule has 8 heteroatoms.